The molecule has 0 bridgehead atoms. The molecule has 2 rings (SSSR count). The van der Waals surface area contributed by atoms with Gasteiger partial charge in [-0.3, -0.25) is 0 Å². The summed E-state index contributed by atoms with van der Waals surface area (Å²) in [6, 6.07) is 10.6. The average molecular weight is 384 g/mol. The van der Waals surface area contributed by atoms with Gasteiger partial charge in [0.1, 0.15) is 5.75 Å². The number of thiocarbonyl (C=S) groups is 1. The molecule has 2 aromatic rings. The van der Waals surface area contributed by atoms with Gasteiger partial charge in [-0.05, 0) is 56.4 Å². The lowest BCUT2D eigenvalue weighted by molar-refractivity contribution is 0.478. The second kappa shape index (κ2) is 8.42. The Morgan fingerprint density at radius 2 is 1.75 bits per heavy atom. The summed E-state index contributed by atoms with van der Waals surface area (Å²) in [5, 5.41) is 17.4. The third-order valence-corrected chi connectivity index (χ3v) is 4.48. The molecule has 0 saturated carbocycles. The average Bonchev–Trinajstić information content (AvgIpc) is 2.54. The van der Waals surface area contributed by atoms with Gasteiger partial charge in [-0.1, -0.05) is 23.2 Å². The van der Waals surface area contributed by atoms with E-state index in [2.05, 4.69) is 29.4 Å². The van der Waals surface area contributed by atoms with Gasteiger partial charge in [0, 0.05) is 30.5 Å². The van der Waals surface area contributed by atoms with Crippen LogP contribution in [0.15, 0.2) is 36.4 Å². The molecule has 0 fully saturated rings. The first kappa shape index (κ1) is 18.6. The third kappa shape index (κ3) is 4.66. The molecule has 0 aromatic heterocycles. The zero-order chi connectivity index (χ0) is 17.7. The van der Waals surface area contributed by atoms with Crippen LogP contribution in [0.5, 0.6) is 5.75 Å². The molecule has 0 aliphatic rings. The Bertz CT molecular complexity index is 736. The van der Waals surface area contributed by atoms with Crippen LogP contribution in [0, 0.1) is 0 Å². The molecule has 0 saturated heterocycles. The van der Waals surface area contributed by atoms with E-state index >= 15 is 0 Å². The molecule has 0 atom stereocenters. The predicted molar refractivity (Wildman–Crippen MR) is 108 cm³/mol. The highest BCUT2D eigenvalue weighted by molar-refractivity contribution is 7.80. The Morgan fingerprint density at radius 3 is 2.33 bits per heavy atom. The van der Waals surface area contributed by atoms with Crippen molar-refractivity contribution in [1.29, 1.82) is 0 Å². The van der Waals surface area contributed by atoms with E-state index < -0.39 is 0 Å². The third-order valence-electron chi connectivity index (χ3n) is 3.54. The molecule has 0 aliphatic heterocycles. The van der Waals surface area contributed by atoms with E-state index in [4.69, 9.17) is 35.4 Å². The summed E-state index contributed by atoms with van der Waals surface area (Å²) in [5.41, 5.74) is 2.20. The number of benzene rings is 2. The molecular weight excluding hydrogens is 365 g/mol. The normalized spacial score (nSPS) is 10.3. The molecule has 128 valence electrons. The molecule has 3 N–H and O–H groups in total. The van der Waals surface area contributed by atoms with Crippen molar-refractivity contribution < 1.29 is 5.11 Å². The van der Waals surface area contributed by atoms with Crippen LogP contribution in [0.2, 0.25) is 10.0 Å². The van der Waals surface area contributed by atoms with Crippen molar-refractivity contribution in [3.05, 3.63) is 46.4 Å². The number of anilines is 3. The van der Waals surface area contributed by atoms with Gasteiger partial charge in [-0.25, -0.2) is 0 Å². The van der Waals surface area contributed by atoms with Gasteiger partial charge in [-0.2, -0.15) is 0 Å². The number of aromatic hydroxyl groups is 1. The quantitative estimate of drug-likeness (QED) is 0.479. The highest BCUT2D eigenvalue weighted by Crippen LogP contribution is 2.29. The van der Waals surface area contributed by atoms with Gasteiger partial charge in [0.25, 0.3) is 0 Å². The molecule has 0 aliphatic carbocycles. The van der Waals surface area contributed by atoms with Gasteiger partial charge < -0.3 is 20.6 Å². The fraction of sp³-hybridized carbons (Fsp3) is 0.235. The first-order chi connectivity index (χ1) is 11.4. The summed E-state index contributed by atoms with van der Waals surface area (Å²) in [4.78, 5) is 2.15. The second-order valence-corrected chi connectivity index (χ2v) is 6.30. The Hall–Kier alpha value is -1.69. The van der Waals surface area contributed by atoms with Crippen molar-refractivity contribution in [1.82, 2.24) is 0 Å². The smallest absolute Gasteiger partial charge is 0.175 e. The Balaban J connectivity index is 2.07. The zero-order valence-corrected chi connectivity index (χ0v) is 15.8. The topological polar surface area (TPSA) is 47.5 Å². The number of phenols is 1. The van der Waals surface area contributed by atoms with E-state index in [-0.39, 0.29) is 5.75 Å². The van der Waals surface area contributed by atoms with E-state index in [0.717, 1.165) is 18.8 Å². The molecule has 0 radical (unpaired) electrons. The highest BCUT2D eigenvalue weighted by Gasteiger charge is 2.08. The summed E-state index contributed by atoms with van der Waals surface area (Å²) in [7, 11) is 0. The van der Waals surface area contributed by atoms with Crippen molar-refractivity contribution >= 4 is 57.6 Å². The Morgan fingerprint density at radius 1 is 1.04 bits per heavy atom. The lowest BCUT2D eigenvalue weighted by Gasteiger charge is -2.22. The van der Waals surface area contributed by atoms with E-state index in [9.17, 15) is 5.11 Å². The highest BCUT2D eigenvalue weighted by atomic mass is 35.5. The monoisotopic (exact) mass is 383 g/mol. The van der Waals surface area contributed by atoms with E-state index in [1.165, 1.54) is 0 Å². The minimum atomic E-state index is 0.137. The van der Waals surface area contributed by atoms with Crippen LogP contribution in [-0.4, -0.2) is 23.3 Å². The molecule has 24 heavy (non-hydrogen) atoms. The number of nitrogens with one attached hydrogen (secondary N) is 2. The van der Waals surface area contributed by atoms with Crippen molar-refractivity contribution in [3.8, 4) is 5.75 Å². The van der Waals surface area contributed by atoms with Crippen LogP contribution in [0.1, 0.15) is 13.8 Å². The largest absolute Gasteiger partial charge is 0.506 e. The SMILES string of the molecule is CCN(CC)c1ccc(NC(=S)Nc2ccc(Cl)c(Cl)c2)c(O)c1. The molecular formula is C17H19Cl2N3OS. The van der Waals surface area contributed by atoms with Crippen LogP contribution in [0.4, 0.5) is 17.1 Å². The standard InChI is InChI=1S/C17H19Cl2N3OS/c1-3-22(4-2)12-6-8-15(16(23)10-12)21-17(24)20-11-5-7-13(18)14(19)9-11/h5-10,23H,3-4H2,1-2H3,(H2,20,21,24). The lowest BCUT2D eigenvalue weighted by Crippen LogP contribution is -2.22. The summed E-state index contributed by atoms with van der Waals surface area (Å²) in [5.74, 6) is 0.137. The maximum Gasteiger partial charge on any atom is 0.175 e. The van der Waals surface area contributed by atoms with Crippen LogP contribution < -0.4 is 15.5 Å². The van der Waals surface area contributed by atoms with Gasteiger partial charge in [0.15, 0.2) is 5.11 Å². The number of phenolic OH excluding ortho intramolecular Hbond substituents is 1. The molecule has 2 aromatic carbocycles. The number of halogens is 2. The first-order valence-corrected chi connectivity index (χ1v) is 8.72. The predicted octanol–water partition coefficient (Wildman–Crippen LogP) is 5.35. The van der Waals surface area contributed by atoms with E-state index in [0.29, 0.717) is 26.5 Å². The van der Waals surface area contributed by atoms with Crippen LogP contribution in [0.3, 0.4) is 0 Å². The fourth-order valence-corrected chi connectivity index (χ4v) is 2.80. The second-order valence-electron chi connectivity index (χ2n) is 5.08. The number of hydrogen-bond acceptors (Lipinski definition) is 3. The summed E-state index contributed by atoms with van der Waals surface area (Å²) in [6.45, 7) is 5.89. The fourth-order valence-electron chi connectivity index (χ4n) is 2.27. The van der Waals surface area contributed by atoms with Gasteiger partial charge in [0.05, 0.1) is 15.7 Å². The molecule has 4 nitrogen and oxygen atoms in total. The maximum absolute atomic E-state index is 10.2. The van der Waals surface area contributed by atoms with Gasteiger partial charge in [0.2, 0.25) is 0 Å². The molecule has 0 heterocycles. The number of hydrogen-bond donors (Lipinski definition) is 3. The van der Waals surface area contributed by atoms with E-state index in [1.54, 1.807) is 30.3 Å². The minimum absolute atomic E-state index is 0.137. The molecule has 0 spiro atoms. The van der Waals surface area contributed by atoms with E-state index in [1.807, 2.05) is 6.07 Å². The Kier molecular flexibility index (Phi) is 6.54. The molecule has 0 amide bonds. The summed E-state index contributed by atoms with van der Waals surface area (Å²) < 4.78 is 0. The number of rotatable bonds is 5. The van der Waals surface area contributed by atoms with Crippen molar-refractivity contribution in [2.24, 2.45) is 0 Å². The van der Waals surface area contributed by atoms with Gasteiger partial charge in [-0.15, -0.1) is 0 Å². The lowest BCUT2D eigenvalue weighted by atomic mass is 10.2. The summed E-state index contributed by atoms with van der Waals surface area (Å²) in [6.07, 6.45) is 0. The van der Waals surface area contributed by atoms with Crippen molar-refractivity contribution in [3.63, 3.8) is 0 Å². The summed E-state index contributed by atoms with van der Waals surface area (Å²) >= 11 is 17.1. The van der Waals surface area contributed by atoms with Crippen molar-refractivity contribution in [2.45, 2.75) is 13.8 Å². The molecule has 0 unspecified atom stereocenters. The van der Waals surface area contributed by atoms with Gasteiger partial charge >= 0.3 is 0 Å². The van der Waals surface area contributed by atoms with Crippen LogP contribution in [0.25, 0.3) is 0 Å². The molecule has 7 heteroatoms. The van der Waals surface area contributed by atoms with Crippen LogP contribution >= 0.6 is 35.4 Å². The zero-order valence-electron chi connectivity index (χ0n) is 13.4. The minimum Gasteiger partial charge on any atom is -0.506 e. The number of nitrogens with zero attached hydrogens (tertiary/aromatic N) is 1. The van der Waals surface area contributed by atoms with Crippen molar-refractivity contribution in [2.75, 3.05) is 28.6 Å². The Labute approximate surface area is 157 Å². The maximum atomic E-state index is 10.2. The van der Waals surface area contributed by atoms with Crippen LogP contribution in [-0.2, 0) is 0 Å². The first-order valence-electron chi connectivity index (χ1n) is 7.55.